The van der Waals surface area contributed by atoms with E-state index in [1.54, 1.807) is 0 Å². The minimum absolute atomic E-state index is 0.267. The van der Waals surface area contributed by atoms with Crippen molar-refractivity contribution >= 4 is 5.69 Å². The predicted molar refractivity (Wildman–Crippen MR) is 94.0 cm³/mol. The van der Waals surface area contributed by atoms with Gasteiger partial charge in [-0.15, -0.1) is 0 Å². The first kappa shape index (κ1) is 16.3. The lowest BCUT2D eigenvalue weighted by Crippen LogP contribution is -2.59. The van der Waals surface area contributed by atoms with E-state index in [1.165, 1.54) is 49.8 Å². The maximum atomic E-state index is 12.6. The zero-order chi connectivity index (χ0) is 16.9. The number of hydrogen-bond donors (Lipinski definition) is 1. The number of nitrogens with zero attached hydrogens (tertiary/aromatic N) is 1. The first-order valence-corrected chi connectivity index (χ1v) is 9.37. The third kappa shape index (κ3) is 2.45. The number of likely N-dealkylation sites (N-methyl/N-ethyl adjacent to an activating group) is 1. The summed E-state index contributed by atoms with van der Waals surface area (Å²) in [4.78, 5) is 2.54. The van der Waals surface area contributed by atoms with Crippen LogP contribution >= 0.6 is 0 Å². The molecule has 2 bridgehead atoms. The summed E-state index contributed by atoms with van der Waals surface area (Å²) in [6, 6.07) is 5.12. The number of alkyl halides is 2. The lowest BCUT2D eigenvalue weighted by Gasteiger charge is -2.58. The van der Waals surface area contributed by atoms with Gasteiger partial charge in [0.1, 0.15) is 0 Å². The van der Waals surface area contributed by atoms with Gasteiger partial charge >= 0.3 is 0 Å². The summed E-state index contributed by atoms with van der Waals surface area (Å²) >= 11 is 0. The summed E-state index contributed by atoms with van der Waals surface area (Å²) in [5.74, 6) is 0.775. The van der Waals surface area contributed by atoms with Crippen molar-refractivity contribution in [1.29, 1.82) is 0 Å². The highest BCUT2D eigenvalue weighted by Gasteiger charge is 2.53. The van der Waals surface area contributed by atoms with Crippen molar-refractivity contribution in [2.24, 2.45) is 5.92 Å². The molecular formula is C20H28F2N2. The van der Waals surface area contributed by atoms with Crippen molar-refractivity contribution in [3.05, 3.63) is 28.8 Å². The van der Waals surface area contributed by atoms with E-state index in [4.69, 9.17) is 0 Å². The maximum absolute atomic E-state index is 12.6. The van der Waals surface area contributed by atoms with Crippen LogP contribution in [0.15, 0.2) is 12.1 Å². The van der Waals surface area contributed by atoms with E-state index >= 15 is 0 Å². The van der Waals surface area contributed by atoms with E-state index in [0.717, 1.165) is 23.6 Å². The Balaban J connectivity index is 1.76. The minimum atomic E-state index is -2.31. The second kappa shape index (κ2) is 5.98. The Morgan fingerprint density at radius 1 is 1.29 bits per heavy atom. The highest BCUT2D eigenvalue weighted by molar-refractivity contribution is 5.58. The summed E-state index contributed by atoms with van der Waals surface area (Å²) in [7, 11) is 2.26. The van der Waals surface area contributed by atoms with Crippen LogP contribution in [0.3, 0.4) is 0 Å². The SMILES string of the molecule is Cc1cc2c(cc1NCC(F)F)C[C@H]1[C@@H]3CCCC[C@]23CCN1C. The summed E-state index contributed by atoms with van der Waals surface area (Å²) in [6.45, 7) is 2.98. The zero-order valence-corrected chi connectivity index (χ0v) is 14.7. The molecule has 24 heavy (non-hydrogen) atoms. The number of rotatable bonds is 3. The molecule has 3 aliphatic rings. The van der Waals surface area contributed by atoms with Crippen molar-refractivity contribution in [2.45, 2.75) is 63.3 Å². The van der Waals surface area contributed by atoms with Gasteiger partial charge in [0.25, 0.3) is 6.43 Å². The Kier molecular flexibility index (Phi) is 4.06. The van der Waals surface area contributed by atoms with Crippen LogP contribution in [0.4, 0.5) is 14.5 Å². The predicted octanol–water partition coefficient (Wildman–Crippen LogP) is 4.36. The van der Waals surface area contributed by atoms with Gasteiger partial charge in [-0.1, -0.05) is 18.9 Å². The van der Waals surface area contributed by atoms with E-state index in [0.29, 0.717) is 11.5 Å². The second-order valence-corrected chi connectivity index (χ2v) is 8.11. The minimum Gasteiger partial charge on any atom is -0.379 e. The third-order valence-electron chi connectivity index (χ3n) is 6.90. The van der Waals surface area contributed by atoms with Crippen LogP contribution in [0, 0.1) is 12.8 Å². The van der Waals surface area contributed by atoms with E-state index in [1.807, 2.05) is 0 Å². The molecule has 4 heteroatoms. The van der Waals surface area contributed by atoms with Gasteiger partial charge in [0.15, 0.2) is 0 Å². The molecule has 1 saturated heterocycles. The van der Waals surface area contributed by atoms with Crippen LogP contribution < -0.4 is 5.32 Å². The normalized spacial score (nSPS) is 32.4. The molecule has 0 radical (unpaired) electrons. The molecule has 132 valence electrons. The van der Waals surface area contributed by atoms with Gasteiger partial charge in [-0.05, 0) is 74.9 Å². The van der Waals surface area contributed by atoms with E-state index in [-0.39, 0.29) is 6.54 Å². The summed E-state index contributed by atoms with van der Waals surface area (Å²) in [5.41, 5.74) is 5.28. The molecule has 1 aromatic rings. The van der Waals surface area contributed by atoms with Crippen LogP contribution in [0.1, 0.15) is 48.8 Å². The van der Waals surface area contributed by atoms with Crippen LogP contribution in [-0.4, -0.2) is 37.5 Å². The Morgan fingerprint density at radius 2 is 2.12 bits per heavy atom. The molecule has 4 rings (SSSR count). The van der Waals surface area contributed by atoms with Gasteiger partial charge in [0.2, 0.25) is 0 Å². The molecule has 2 nitrogen and oxygen atoms in total. The standard InChI is InChI=1S/C20H28F2N2/c1-13-9-16-14(10-17(13)23-12-19(21)22)11-18-15-5-3-4-6-20(15,16)7-8-24(18)2/h9-10,15,18-19,23H,3-8,11-12H2,1-2H3/t15-,18-,20+/m0/s1. The molecule has 2 aliphatic carbocycles. The average Bonchev–Trinajstić information content (AvgIpc) is 2.57. The zero-order valence-electron chi connectivity index (χ0n) is 14.7. The van der Waals surface area contributed by atoms with Gasteiger partial charge < -0.3 is 10.2 Å². The fraction of sp³-hybridized carbons (Fsp3) is 0.700. The summed E-state index contributed by atoms with van der Waals surface area (Å²) < 4.78 is 25.2. The van der Waals surface area contributed by atoms with Crippen LogP contribution in [-0.2, 0) is 11.8 Å². The van der Waals surface area contributed by atoms with Gasteiger partial charge in [-0.2, -0.15) is 0 Å². The van der Waals surface area contributed by atoms with Crippen molar-refractivity contribution < 1.29 is 8.78 Å². The van der Waals surface area contributed by atoms with Gasteiger partial charge in [0.05, 0.1) is 6.54 Å². The highest BCUT2D eigenvalue weighted by atomic mass is 19.3. The molecule has 0 aromatic heterocycles. The smallest absolute Gasteiger partial charge is 0.255 e. The monoisotopic (exact) mass is 334 g/mol. The summed E-state index contributed by atoms with van der Waals surface area (Å²) in [5, 5.41) is 2.95. The number of anilines is 1. The molecule has 3 atom stereocenters. The number of fused-ring (bicyclic) bond motifs is 1. The second-order valence-electron chi connectivity index (χ2n) is 8.11. The van der Waals surface area contributed by atoms with Crippen LogP contribution in [0.25, 0.3) is 0 Å². The molecule has 2 fully saturated rings. The number of likely N-dealkylation sites (tertiary alicyclic amines) is 1. The van der Waals surface area contributed by atoms with Crippen molar-refractivity contribution in [3.8, 4) is 0 Å². The fourth-order valence-electron chi connectivity index (χ4n) is 5.74. The average molecular weight is 334 g/mol. The number of aryl methyl sites for hydroxylation is 1. The Labute approximate surface area is 143 Å². The van der Waals surface area contributed by atoms with Crippen LogP contribution in [0.5, 0.6) is 0 Å². The van der Waals surface area contributed by atoms with E-state index < -0.39 is 6.43 Å². The molecule has 1 aromatic carbocycles. The number of hydrogen-bond acceptors (Lipinski definition) is 2. The van der Waals surface area contributed by atoms with Crippen LogP contribution in [0.2, 0.25) is 0 Å². The summed E-state index contributed by atoms with van der Waals surface area (Å²) in [6.07, 6.45) is 5.35. The molecule has 0 spiro atoms. The largest absolute Gasteiger partial charge is 0.379 e. The number of halogens is 2. The molecule has 1 N–H and O–H groups in total. The molecule has 1 heterocycles. The topological polar surface area (TPSA) is 15.3 Å². The number of piperidine rings is 1. The first-order chi connectivity index (χ1) is 11.5. The van der Waals surface area contributed by atoms with Crippen molar-refractivity contribution in [2.75, 3.05) is 25.5 Å². The van der Waals surface area contributed by atoms with E-state index in [9.17, 15) is 8.78 Å². The quantitative estimate of drug-likeness (QED) is 0.883. The van der Waals surface area contributed by atoms with Crippen molar-refractivity contribution in [3.63, 3.8) is 0 Å². The molecule has 1 saturated carbocycles. The lowest BCUT2D eigenvalue weighted by atomic mass is 9.52. The van der Waals surface area contributed by atoms with Gasteiger partial charge in [-0.3, -0.25) is 0 Å². The van der Waals surface area contributed by atoms with Gasteiger partial charge in [0, 0.05) is 17.1 Å². The fourth-order valence-corrected chi connectivity index (χ4v) is 5.74. The molecular weight excluding hydrogens is 306 g/mol. The number of benzene rings is 1. The lowest BCUT2D eigenvalue weighted by molar-refractivity contribution is 0.00285. The highest BCUT2D eigenvalue weighted by Crippen LogP contribution is 2.56. The Bertz CT molecular complexity index is 630. The third-order valence-corrected chi connectivity index (χ3v) is 6.90. The molecule has 1 aliphatic heterocycles. The Hall–Kier alpha value is -1.16. The number of nitrogens with one attached hydrogen (secondary N) is 1. The Morgan fingerprint density at radius 3 is 2.92 bits per heavy atom. The van der Waals surface area contributed by atoms with E-state index in [2.05, 4.69) is 36.3 Å². The van der Waals surface area contributed by atoms with Crippen molar-refractivity contribution in [1.82, 2.24) is 4.90 Å². The molecule has 0 amide bonds. The maximum Gasteiger partial charge on any atom is 0.255 e. The van der Waals surface area contributed by atoms with Gasteiger partial charge in [-0.25, -0.2) is 8.78 Å². The molecule has 0 unspecified atom stereocenters. The first-order valence-electron chi connectivity index (χ1n) is 9.37.